The fraction of sp³-hybridized carbons (Fsp3) is 0.429. The van der Waals surface area contributed by atoms with Crippen LogP contribution in [0.4, 0.5) is 5.69 Å². The zero-order valence-electron chi connectivity index (χ0n) is 11.0. The van der Waals surface area contributed by atoms with Gasteiger partial charge in [0.2, 0.25) is 5.91 Å². The molecular formula is C14H19N3O2. The van der Waals surface area contributed by atoms with Crippen molar-refractivity contribution >= 4 is 17.4 Å². The number of oxime groups is 1. The quantitative estimate of drug-likeness (QED) is 0.337. The minimum absolute atomic E-state index is 0.00940. The number of amides is 1. The third-order valence-corrected chi connectivity index (χ3v) is 3.77. The number of rotatable bonds is 3. The van der Waals surface area contributed by atoms with E-state index in [9.17, 15) is 4.79 Å². The smallest absolute Gasteiger partial charge is 0.238 e. The molecule has 0 saturated heterocycles. The lowest BCUT2D eigenvalue weighted by Crippen LogP contribution is -2.45. The number of nitrogens with zero attached hydrogens (tertiary/aromatic N) is 1. The van der Waals surface area contributed by atoms with Gasteiger partial charge in [-0.15, -0.1) is 0 Å². The molecule has 0 bridgehead atoms. The normalized spacial score (nSPS) is 18.3. The minimum Gasteiger partial charge on any atom is -0.409 e. The molecule has 1 fully saturated rings. The van der Waals surface area contributed by atoms with Gasteiger partial charge in [-0.2, -0.15) is 0 Å². The Kier molecular flexibility index (Phi) is 3.74. The second kappa shape index (κ2) is 5.30. The summed E-state index contributed by atoms with van der Waals surface area (Å²) in [5, 5.41) is 14.8. The van der Waals surface area contributed by atoms with Gasteiger partial charge in [-0.05, 0) is 37.5 Å². The van der Waals surface area contributed by atoms with Crippen molar-refractivity contribution in [1.82, 2.24) is 0 Å². The third kappa shape index (κ3) is 2.54. The Morgan fingerprint density at radius 3 is 2.68 bits per heavy atom. The number of carbonyl (C=O) groups excluding carboxylic acids is 1. The Bertz CT molecular complexity index is 505. The zero-order chi connectivity index (χ0) is 13.9. The molecule has 102 valence electrons. The van der Waals surface area contributed by atoms with Gasteiger partial charge in [-0.1, -0.05) is 30.1 Å². The molecule has 19 heavy (non-hydrogen) atoms. The van der Waals surface area contributed by atoms with Crippen molar-refractivity contribution in [3.63, 3.8) is 0 Å². The highest BCUT2D eigenvalue weighted by Crippen LogP contribution is 2.39. The molecule has 5 nitrogen and oxygen atoms in total. The molecule has 0 atom stereocenters. The van der Waals surface area contributed by atoms with Crippen LogP contribution in [0.25, 0.3) is 0 Å². The van der Waals surface area contributed by atoms with E-state index >= 15 is 0 Å². The Morgan fingerprint density at radius 1 is 1.42 bits per heavy atom. The second-order valence-corrected chi connectivity index (χ2v) is 5.10. The average Bonchev–Trinajstić information content (AvgIpc) is 2.88. The van der Waals surface area contributed by atoms with Gasteiger partial charge >= 0.3 is 0 Å². The molecule has 0 spiro atoms. The largest absolute Gasteiger partial charge is 0.409 e. The maximum atomic E-state index is 12.5. The van der Waals surface area contributed by atoms with Crippen molar-refractivity contribution in [2.75, 3.05) is 5.32 Å². The van der Waals surface area contributed by atoms with Crippen molar-refractivity contribution in [3.05, 3.63) is 29.8 Å². The molecule has 1 aliphatic rings. The molecule has 1 saturated carbocycles. The van der Waals surface area contributed by atoms with Gasteiger partial charge in [0.05, 0.1) is 0 Å². The summed E-state index contributed by atoms with van der Waals surface area (Å²) in [5.74, 6) is -0.180. The van der Waals surface area contributed by atoms with Crippen LogP contribution in [0.5, 0.6) is 0 Å². The van der Waals surface area contributed by atoms with E-state index in [0.29, 0.717) is 12.8 Å². The van der Waals surface area contributed by atoms with Crippen LogP contribution in [0.1, 0.15) is 31.2 Å². The average molecular weight is 261 g/mol. The highest BCUT2D eigenvalue weighted by molar-refractivity contribution is 6.12. The number of hydrogen-bond acceptors (Lipinski definition) is 3. The van der Waals surface area contributed by atoms with Crippen molar-refractivity contribution in [3.8, 4) is 0 Å². The first-order valence-corrected chi connectivity index (χ1v) is 6.44. The number of nitrogens with two attached hydrogens (primary N) is 1. The van der Waals surface area contributed by atoms with Gasteiger partial charge in [0, 0.05) is 5.69 Å². The minimum atomic E-state index is -0.863. The van der Waals surface area contributed by atoms with E-state index in [1.807, 2.05) is 31.2 Å². The van der Waals surface area contributed by atoms with Crippen LogP contribution in [-0.4, -0.2) is 17.0 Å². The number of anilines is 1. The summed E-state index contributed by atoms with van der Waals surface area (Å²) >= 11 is 0. The summed E-state index contributed by atoms with van der Waals surface area (Å²) < 4.78 is 0. The lowest BCUT2D eigenvalue weighted by Gasteiger charge is -2.26. The van der Waals surface area contributed by atoms with Crippen LogP contribution in [0.2, 0.25) is 0 Å². The summed E-state index contributed by atoms with van der Waals surface area (Å²) in [6.45, 7) is 1.96. The van der Waals surface area contributed by atoms with Crippen molar-refractivity contribution in [2.45, 2.75) is 32.6 Å². The van der Waals surface area contributed by atoms with Gasteiger partial charge in [-0.25, -0.2) is 0 Å². The summed E-state index contributed by atoms with van der Waals surface area (Å²) in [6.07, 6.45) is 3.08. The van der Waals surface area contributed by atoms with E-state index in [-0.39, 0.29) is 11.7 Å². The first-order chi connectivity index (χ1) is 9.08. The van der Waals surface area contributed by atoms with Gasteiger partial charge in [0.15, 0.2) is 5.84 Å². The van der Waals surface area contributed by atoms with E-state index in [4.69, 9.17) is 10.9 Å². The monoisotopic (exact) mass is 261 g/mol. The molecule has 0 aromatic heterocycles. The molecule has 1 amide bonds. The Hall–Kier alpha value is -2.04. The van der Waals surface area contributed by atoms with Crippen molar-refractivity contribution < 1.29 is 10.0 Å². The summed E-state index contributed by atoms with van der Waals surface area (Å²) in [5.41, 5.74) is 6.68. The molecule has 1 aromatic rings. The van der Waals surface area contributed by atoms with E-state index in [0.717, 1.165) is 24.1 Å². The van der Waals surface area contributed by atoms with Crippen LogP contribution >= 0.6 is 0 Å². The van der Waals surface area contributed by atoms with Gasteiger partial charge in [0.25, 0.3) is 0 Å². The number of nitrogens with one attached hydrogen (secondary N) is 1. The lowest BCUT2D eigenvalue weighted by atomic mass is 9.83. The SMILES string of the molecule is Cc1cccc(NC(=O)C2(C(N)=NO)CCCC2)c1. The number of carbonyl (C=O) groups is 1. The molecule has 5 heteroatoms. The number of aryl methyl sites for hydroxylation is 1. The molecule has 0 radical (unpaired) electrons. The predicted molar refractivity (Wildman–Crippen MR) is 74.1 cm³/mol. The molecular weight excluding hydrogens is 242 g/mol. The summed E-state index contributed by atoms with van der Waals surface area (Å²) in [4.78, 5) is 12.5. The predicted octanol–water partition coefficient (Wildman–Crippen LogP) is 2.24. The second-order valence-electron chi connectivity index (χ2n) is 5.10. The number of amidine groups is 1. The van der Waals surface area contributed by atoms with Crippen molar-refractivity contribution in [2.24, 2.45) is 16.3 Å². The topological polar surface area (TPSA) is 87.7 Å². The maximum absolute atomic E-state index is 12.5. The van der Waals surface area contributed by atoms with E-state index < -0.39 is 5.41 Å². The summed E-state index contributed by atoms with van der Waals surface area (Å²) in [6, 6.07) is 7.58. The van der Waals surface area contributed by atoms with E-state index in [1.54, 1.807) is 0 Å². The Morgan fingerprint density at radius 2 is 2.11 bits per heavy atom. The van der Waals surface area contributed by atoms with Gasteiger partial charge < -0.3 is 16.3 Å². The van der Waals surface area contributed by atoms with Gasteiger partial charge in [0.1, 0.15) is 5.41 Å². The maximum Gasteiger partial charge on any atom is 0.238 e. The Balaban J connectivity index is 2.22. The molecule has 1 aliphatic carbocycles. The van der Waals surface area contributed by atoms with Crippen LogP contribution in [0, 0.1) is 12.3 Å². The zero-order valence-corrected chi connectivity index (χ0v) is 11.0. The number of benzene rings is 1. The molecule has 0 heterocycles. The molecule has 0 aliphatic heterocycles. The summed E-state index contributed by atoms with van der Waals surface area (Å²) in [7, 11) is 0. The molecule has 0 unspecified atom stereocenters. The van der Waals surface area contributed by atoms with Crippen LogP contribution < -0.4 is 11.1 Å². The lowest BCUT2D eigenvalue weighted by molar-refractivity contribution is -0.122. The van der Waals surface area contributed by atoms with Gasteiger partial charge in [-0.3, -0.25) is 4.79 Å². The van der Waals surface area contributed by atoms with Crippen LogP contribution in [0.3, 0.4) is 0 Å². The van der Waals surface area contributed by atoms with Crippen LogP contribution in [0.15, 0.2) is 29.4 Å². The highest BCUT2D eigenvalue weighted by atomic mass is 16.4. The fourth-order valence-electron chi connectivity index (χ4n) is 2.65. The van der Waals surface area contributed by atoms with E-state index in [2.05, 4.69) is 10.5 Å². The first kappa shape index (κ1) is 13.4. The van der Waals surface area contributed by atoms with Crippen LogP contribution in [-0.2, 0) is 4.79 Å². The highest BCUT2D eigenvalue weighted by Gasteiger charge is 2.45. The molecule has 2 rings (SSSR count). The molecule has 4 N–H and O–H groups in total. The third-order valence-electron chi connectivity index (χ3n) is 3.77. The van der Waals surface area contributed by atoms with Crippen molar-refractivity contribution in [1.29, 1.82) is 0 Å². The van der Waals surface area contributed by atoms with E-state index in [1.165, 1.54) is 0 Å². The first-order valence-electron chi connectivity index (χ1n) is 6.44. The number of hydrogen-bond donors (Lipinski definition) is 3. The standard InChI is InChI=1S/C14H19N3O2/c1-10-5-4-6-11(9-10)16-13(18)14(12(15)17-19)7-2-3-8-14/h4-6,9,19H,2-3,7-8H2,1H3,(H2,15,17)(H,16,18). The Labute approximate surface area is 112 Å². The fourth-order valence-corrected chi connectivity index (χ4v) is 2.65. The molecule has 1 aromatic carbocycles.